The zero-order valence-corrected chi connectivity index (χ0v) is 39.5. The molecule has 0 atom stereocenters. The Bertz CT molecular complexity index is 3100. The maximum absolute atomic E-state index is 14.4. The van der Waals surface area contributed by atoms with Crippen LogP contribution in [0.1, 0.15) is 98.4 Å². The van der Waals surface area contributed by atoms with Gasteiger partial charge in [0.2, 0.25) is 11.6 Å². The van der Waals surface area contributed by atoms with Crippen molar-refractivity contribution in [3.05, 3.63) is 175 Å². The van der Waals surface area contributed by atoms with E-state index in [4.69, 9.17) is 9.47 Å². The first kappa shape index (κ1) is 43.3. The van der Waals surface area contributed by atoms with Crippen LogP contribution in [-0.2, 0) is 21.0 Å². The third-order valence-corrected chi connectivity index (χ3v) is 16.2. The highest BCUT2D eigenvalue weighted by Gasteiger charge is 2.33. The van der Waals surface area contributed by atoms with Crippen molar-refractivity contribution in [2.24, 2.45) is 0 Å². The number of carbonyl (C=O) groups excluding carboxylic acids is 4. The summed E-state index contributed by atoms with van der Waals surface area (Å²) in [6.45, 7) is 12.0. The van der Waals surface area contributed by atoms with Crippen molar-refractivity contribution in [2.75, 3.05) is 13.2 Å². The van der Waals surface area contributed by atoms with E-state index in [1.54, 1.807) is 37.4 Å². The van der Waals surface area contributed by atoms with Crippen LogP contribution in [0, 0.1) is 27.7 Å². The van der Waals surface area contributed by atoms with Crippen molar-refractivity contribution in [1.29, 1.82) is 0 Å². The van der Waals surface area contributed by atoms with E-state index in [1.807, 2.05) is 113 Å². The van der Waals surface area contributed by atoms with E-state index in [0.717, 1.165) is 63.9 Å². The lowest BCUT2D eigenvalue weighted by Crippen LogP contribution is -2.07. The van der Waals surface area contributed by atoms with Crippen molar-refractivity contribution in [1.82, 2.24) is 8.80 Å². The lowest BCUT2D eigenvalue weighted by Gasteiger charge is -2.10. The predicted octanol–water partition coefficient (Wildman–Crippen LogP) is 13.3. The minimum absolute atomic E-state index is 0.142. The van der Waals surface area contributed by atoms with Gasteiger partial charge >= 0.3 is 11.9 Å². The lowest BCUT2D eigenvalue weighted by molar-refractivity contribution is 0.0521. The second kappa shape index (κ2) is 17.9. The summed E-state index contributed by atoms with van der Waals surface area (Å²) in [7, 11) is 0. The molecule has 0 saturated heterocycles. The Kier molecular flexibility index (Phi) is 12.1. The molecule has 8 nitrogen and oxygen atoms in total. The molecule has 0 bridgehead atoms. The molecule has 9 aromatic rings. The van der Waals surface area contributed by atoms with E-state index in [2.05, 4.69) is 33.1 Å². The fourth-order valence-electron chi connectivity index (χ4n) is 8.63. The quantitative estimate of drug-likeness (QED) is 0.0605. The van der Waals surface area contributed by atoms with Crippen LogP contribution >= 0.6 is 46.2 Å². The molecule has 0 aliphatic rings. The normalized spacial score (nSPS) is 11.6. The predicted molar refractivity (Wildman–Crippen MR) is 262 cm³/mol. The first-order valence-electron chi connectivity index (χ1n) is 21.0. The van der Waals surface area contributed by atoms with Gasteiger partial charge < -0.3 is 18.3 Å². The number of pyridine rings is 2. The molecule has 3 aromatic carbocycles. The molecular weight excluding hydrogens is 877 g/mol. The molecule has 9 rings (SSSR count). The maximum Gasteiger partial charge on any atom is 0.341 e. The number of benzene rings is 3. The average molecular weight is 921 g/mol. The molecule has 6 aromatic heterocycles. The largest absolute Gasteiger partial charge is 0.462 e. The monoisotopic (exact) mass is 920 g/mol. The number of hydrogen-bond donors (Lipinski definition) is 0. The summed E-state index contributed by atoms with van der Waals surface area (Å²) in [4.78, 5) is 57.5. The van der Waals surface area contributed by atoms with Crippen LogP contribution in [-0.4, -0.2) is 45.5 Å². The van der Waals surface area contributed by atoms with Crippen molar-refractivity contribution in [2.45, 2.75) is 61.5 Å². The van der Waals surface area contributed by atoms with Crippen LogP contribution in [0.15, 0.2) is 118 Å². The molecule has 0 radical (unpaired) electrons. The Labute approximate surface area is 387 Å². The van der Waals surface area contributed by atoms with Crippen LogP contribution in [0.3, 0.4) is 0 Å². The van der Waals surface area contributed by atoms with Gasteiger partial charge in [0.05, 0.1) is 64.6 Å². The number of carbonyl (C=O) groups is 4. The zero-order valence-electron chi connectivity index (χ0n) is 36.2. The van der Waals surface area contributed by atoms with E-state index >= 15 is 0 Å². The molecular formula is C52H44N2O6S4. The van der Waals surface area contributed by atoms with Crippen molar-refractivity contribution in [3.8, 4) is 0 Å². The molecule has 0 spiro atoms. The van der Waals surface area contributed by atoms with Gasteiger partial charge in [-0.1, -0.05) is 97.1 Å². The Balaban J connectivity index is 1.13. The molecule has 0 amide bonds. The number of rotatable bonds is 14. The molecule has 322 valence electrons. The number of hydrogen-bond acceptors (Lipinski definition) is 10. The number of nitrogens with zero attached hydrogens (tertiary/aromatic N) is 2. The van der Waals surface area contributed by atoms with Gasteiger partial charge in [0.1, 0.15) is 0 Å². The highest BCUT2D eigenvalue weighted by Crippen LogP contribution is 2.48. The molecule has 64 heavy (non-hydrogen) atoms. The summed E-state index contributed by atoms with van der Waals surface area (Å²) in [6.07, 6.45) is 4.07. The Morgan fingerprint density at radius 3 is 1.28 bits per heavy atom. The number of aryl methyl sites for hydroxylation is 4. The van der Waals surface area contributed by atoms with Crippen molar-refractivity contribution < 1.29 is 28.7 Å². The Morgan fingerprint density at radius 2 is 0.906 bits per heavy atom. The molecule has 12 heteroatoms. The summed E-state index contributed by atoms with van der Waals surface area (Å²) >= 11 is 6.13. The highest BCUT2D eigenvalue weighted by molar-refractivity contribution is 8.01. The van der Waals surface area contributed by atoms with E-state index in [0.29, 0.717) is 54.3 Å². The fraction of sp³-hybridized carbons (Fsp3) is 0.192. The van der Waals surface area contributed by atoms with Crippen LogP contribution in [0.5, 0.6) is 0 Å². The zero-order chi connectivity index (χ0) is 44.8. The molecule has 0 fully saturated rings. The molecule has 0 N–H and O–H groups in total. The van der Waals surface area contributed by atoms with Crippen LogP contribution in [0.25, 0.3) is 32.8 Å². The Hall–Kier alpha value is -5.92. The maximum atomic E-state index is 14.4. The topological polar surface area (TPSA) is 95.6 Å². The van der Waals surface area contributed by atoms with Gasteiger partial charge in [-0.25, -0.2) is 9.59 Å². The average Bonchev–Trinajstić information content (AvgIpc) is 4.04. The number of ketones is 2. The van der Waals surface area contributed by atoms with Gasteiger partial charge in [0.15, 0.2) is 0 Å². The Morgan fingerprint density at radius 1 is 0.531 bits per heavy atom. The lowest BCUT2D eigenvalue weighted by atomic mass is 10.0. The third kappa shape index (κ3) is 7.66. The van der Waals surface area contributed by atoms with E-state index in [-0.39, 0.29) is 24.8 Å². The highest BCUT2D eigenvalue weighted by atomic mass is 32.2. The number of thiophene rings is 2. The molecule has 0 unspecified atom stereocenters. The minimum Gasteiger partial charge on any atom is -0.462 e. The van der Waals surface area contributed by atoms with Gasteiger partial charge in [-0.3, -0.25) is 9.59 Å². The van der Waals surface area contributed by atoms with E-state index < -0.39 is 11.9 Å². The molecule has 6 heterocycles. The SMILES string of the molecule is CCOC(=O)c1c2c(C(=O)c3ccccc3)sc(SCc3ccccc3CSc3sc(C(=O)c4ccccc4)c4c(C(=O)OCC)c5c(C)cc(C)cn5c34)c2n2cc(C)cc(C)c12. The van der Waals surface area contributed by atoms with Gasteiger partial charge in [-0.15, -0.1) is 46.2 Å². The van der Waals surface area contributed by atoms with Gasteiger partial charge in [0.25, 0.3) is 0 Å². The molecule has 0 aliphatic carbocycles. The summed E-state index contributed by atoms with van der Waals surface area (Å²) in [5.74, 6) is -0.00147. The van der Waals surface area contributed by atoms with Gasteiger partial charge in [0, 0.05) is 45.8 Å². The van der Waals surface area contributed by atoms with Crippen LogP contribution < -0.4 is 0 Å². The van der Waals surface area contributed by atoms with Crippen molar-refractivity contribution >= 4 is 103 Å². The number of thioether (sulfide) groups is 2. The molecule has 0 saturated carbocycles. The van der Waals surface area contributed by atoms with Gasteiger partial charge in [-0.05, 0) is 74.9 Å². The van der Waals surface area contributed by atoms with Crippen LogP contribution in [0.4, 0.5) is 0 Å². The number of ether oxygens (including phenoxy) is 2. The fourth-order valence-corrected chi connectivity index (χ4v) is 13.7. The first-order chi connectivity index (χ1) is 31.0. The second-order valence-electron chi connectivity index (χ2n) is 15.6. The van der Waals surface area contributed by atoms with E-state index in [1.165, 1.54) is 22.7 Å². The standard InChI is InChI=1S/C52H44N2O6S4/c1-7-59-49(57)39-37-43(53-25-29(3)23-31(5)41(39)53)51(63-47(37)45(55)33-17-11-9-12-18-33)61-27-35-21-15-16-22-36(35)28-62-52-44-38(48(64-52)46(56)34-19-13-10-14-20-34)40(50(58)60-8-2)42-32(6)24-30(4)26-54(42)44/h9-26H,7-8,27-28H2,1-6H3. The summed E-state index contributed by atoms with van der Waals surface area (Å²) in [5, 5.41) is 1.24. The first-order valence-corrected chi connectivity index (χ1v) is 24.6. The number of aromatic nitrogens is 2. The third-order valence-electron chi connectivity index (χ3n) is 11.2. The second-order valence-corrected chi connectivity index (χ2v) is 20.2. The van der Waals surface area contributed by atoms with E-state index in [9.17, 15) is 19.2 Å². The van der Waals surface area contributed by atoms with Crippen molar-refractivity contribution in [3.63, 3.8) is 0 Å². The summed E-state index contributed by atoms with van der Waals surface area (Å²) < 4.78 is 17.3. The summed E-state index contributed by atoms with van der Waals surface area (Å²) in [5.41, 5.74) is 11.2. The summed E-state index contributed by atoms with van der Waals surface area (Å²) in [6, 6.07) is 30.8. The smallest absolute Gasteiger partial charge is 0.341 e. The van der Waals surface area contributed by atoms with Crippen LogP contribution in [0.2, 0.25) is 0 Å². The molecule has 0 aliphatic heterocycles. The van der Waals surface area contributed by atoms with Gasteiger partial charge in [-0.2, -0.15) is 0 Å². The minimum atomic E-state index is -0.451. The number of esters is 2. The number of fused-ring (bicyclic) bond motifs is 6.